The fraction of sp³-hybridized carbons (Fsp3) is 0.533. The van der Waals surface area contributed by atoms with E-state index in [2.05, 4.69) is 0 Å². The molecule has 2 aliphatic heterocycles. The first-order valence-corrected chi connectivity index (χ1v) is 9.01. The molecule has 1 aromatic carbocycles. The van der Waals surface area contributed by atoms with Crippen LogP contribution < -0.4 is 0 Å². The lowest BCUT2D eigenvalue weighted by atomic mass is 9.89. The van der Waals surface area contributed by atoms with Crippen LogP contribution in [0.1, 0.15) is 36.8 Å². The van der Waals surface area contributed by atoms with Gasteiger partial charge in [0, 0.05) is 17.6 Å². The zero-order valence-corrected chi connectivity index (χ0v) is 13.0. The number of carboxylic acids is 1. The third-order valence-corrected chi connectivity index (χ3v) is 6.60. The largest absolute Gasteiger partial charge is 0.481 e. The monoisotopic (exact) mass is 345 g/mol. The minimum Gasteiger partial charge on any atom is -0.481 e. The highest BCUT2D eigenvalue weighted by Gasteiger charge is 2.53. The van der Waals surface area contributed by atoms with Gasteiger partial charge in [0.1, 0.15) is 0 Å². The Morgan fingerprint density at radius 2 is 1.91 bits per heavy atom. The van der Waals surface area contributed by atoms with Gasteiger partial charge in [0.25, 0.3) is 6.43 Å². The summed E-state index contributed by atoms with van der Waals surface area (Å²) in [6.45, 7) is 0. The molecule has 2 bridgehead atoms. The van der Waals surface area contributed by atoms with Crippen LogP contribution in [-0.2, 0) is 20.6 Å². The average Bonchev–Trinajstić information content (AvgIpc) is 3.06. The molecular weight excluding hydrogens is 328 g/mol. The zero-order valence-electron chi connectivity index (χ0n) is 12.2. The SMILES string of the molecule is O=C(O)C1CC2CCC1N2S(=O)(=O)Cc1ccc(C(F)F)cc1. The highest BCUT2D eigenvalue weighted by atomic mass is 32.2. The Kier molecular flexibility index (Phi) is 4.14. The quantitative estimate of drug-likeness (QED) is 0.889. The fourth-order valence-corrected chi connectivity index (χ4v) is 5.76. The number of carboxylic acid groups (broad SMARTS) is 1. The highest BCUT2D eigenvalue weighted by Crippen LogP contribution is 2.44. The second-order valence-electron chi connectivity index (χ2n) is 6.11. The summed E-state index contributed by atoms with van der Waals surface area (Å²) in [5.74, 6) is -1.90. The Labute approximate surface area is 133 Å². The molecule has 0 aliphatic carbocycles. The number of benzene rings is 1. The van der Waals surface area contributed by atoms with Gasteiger partial charge in [0.15, 0.2) is 0 Å². The first kappa shape index (κ1) is 16.3. The van der Waals surface area contributed by atoms with E-state index in [0.29, 0.717) is 24.8 Å². The molecule has 2 fully saturated rings. The van der Waals surface area contributed by atoms with Crippen molar-refractivity contribution in [2.24, 2.45) is 5.92 Å². The first-order chi connectivity index (χ1) is 10.8. The van der Waals surface area contributed by atoms with Crippen molar-refractivity contribution < 1.29 is 27.1 Å². The lowest BCUT2D eigenvalue weighted by Crippen LogP contribution is -2.38. The van der Waals surface area contributed by atoms with E-state index in [1.165, 1.54) is 28.6 Å². The van der Waals surface area contributed by atoms with E-state index in [9.17, 15) is 27.1 Å². The minimum absolute atomic E-state index is 0.154. The molecule has 2 saturated heterocycles. The Morgan fingerprint density at radius 1 is 1.26 bits per heavy atom. The van der Waals surface area contributed by atoms with E-state index in [1.54, 1.807) is 0 Å². The van der Waals surface area contributed by atoms with Gasteiger partial charge >= 0.3 is 5.97 Å². The average molecular weight is 345 g/mol. The summed E-state index contributed by atoms with van der Waals surface area (Å²) in [5.41, 5.74) is 0.269. The highest BCUT2D eigenvalue weighted by molar-refractivity contribution is 7.88. The van der Waals surface area contributed by atoms with Crippen molar-refractivity contribution in [2.45, 2.75) is 43.5 Å². The van der Waals surface area contributed by atoms with Gasteiger partial charge in [0.05, 0.1) is 11.7 Å². The van der Waals surface area contributed by atoms with Gasteiger partial charge in [-0.2, -0.15) is 4.31 Å². The van der Waals surface area contributed by atoms with Crippen molar-refractivity contribution in [3.05, 3.63) is 35.4 Å². The minimum atomic E-state index is -3.67. The number of sulfonamides is 1. The molecule has 5 nitrogen and oxygen atoms in total. The molecule has 8 heteroatoms. The molecule has 0 spiro atoms. The van der Waals surface area contributed by atoms with Crippen LogP contribution in [0.3, 0.4) is 0 Å². The number of alkyl halides is 2. The topological polar surface area (TPSA) is 74.7 Å². The molecule has 126 valence electrons. The summed E-state index contributed by atoms with van der Waals surface area (Å²) in [5, 5.41) is 9.20. The van der Waals surface area contributed by atoms with Gasteiger partial charge in [-0.25, -0.2) is 17.2 Å². The van der Waals surface area contributed by atoms with Crippen molar-refractivity contribution >= 4 is 16.0 Å². The smallest absolute Gasteiger partial charge is 0.308 e. The van der Waals surface area contributed by atoms with Gasteiger partial charge in [0.2, 0.25) is 10.0 Å². The molecule has 0 radical (unpaired) electrons. The Morgan fingerprint density at radius 3 is 2.43 bits per heavy atom. The maximum absolute atomic E-state index is 12.6. The van der Waals surface area contributed by atoms with Crippen LogP contribution in [0, 0.1) is 5.92 Å². The number of hydrogen-bond donors (Lipinski definition) is 1. The van der Waals surface area contributed by atoms with Crippen LogP contribution in [0.15, 0.2) is 24.3 Å². The third kappa shape index (κ3) is 2.97. The van der Waals surface area contributed by atoms with Crippen molar-refractivity contribution in [3.63, 3.8) is 0 Å². The molecule has 1 N–H and O–H groups in total. The van der Waals surface area contributed by atoms with Crippen LogP contribution in [0.2, 0.25) is 0 Å². The molecular formula is C15H17F2NO4S. The van der Waals surface area contributed by atoms with Gasteiger partial charge in [-0.3, -0.25) is 4.79 Å². The first-order valence-electron chi connectivity index (χ1n) is 7.40. The predicted octanol–water partition coefficient (Wildman–Crippen LogP) is 2.39. The summed E-state index contributed by atoms with van der Waals surface area (Å²) in [6.07, 6.45) is -1.00. The third-order valence-electron chi connectivity index (χ3n) is 4.69. The molecule has 23 heavy (non-hydrogen) atoms. The summed E-state index contributed by atoms with van der Waals surface area (Å²) in [4.78, 5) is 11.2. The lowest BCUT2D eigenvalue weighted by molar-refractivity contribution is -0.142. The van der Waals surface area contributed by atoms with E-state index in [4.69, 9.17) is 0 Å². The fourth-order valence-electron chi connectivity index (χ4n) is 3.68. The van der Waals surface area contributed by atoms with E-state index < -0.39 is 34.4 Å². The van der Waals surface area contributed by atoms with Crippen LogP contribution in [0.25, 0.3) is 0 Å². The van der Waals surface area contributed by atoms with E-state index in [1.807, 2.05) is 0 Å². The van der Waals surface area contributed by atoms with Crippen LogP contribution >= 0.6 is 0 Å². The standard InChI is InChI=1S/C15H17F2NO4S/c16-14(17)10-3-1-9(2-4-10)8-23(21,22)18-11-5-6-13(18)12(7-11)15(19)20/h1-4,11-14H,5-8H2,(H,19,20). The summed E-state index contributed by atoms with van der Waals surface area (Å²) in [7, 11) is -3.67. The number of halogens is 2. The van der Waals surface area contributed by atoms with Crippen LogP contribution in [-0.4, -0.2) is 35.9 Å². The van der Waals surface area contributed by atoms with Crippen molar-refractivity contribution in [1.82, 2.24) is 4.31 Å². The molecule has 2 aliphatic rings. The Bertz CT molecular complexity index is 705. The molecule has 0 aromatic heterocycles. The van der Waals surface area contributed by atoms with Gasteiger partial charge in [-0.1, -0.05) is 24.3 Å². The maximum Gasteiger partial charge on any atom is 0.308 e. The molecule has 0 saturated carbocycles. The summed E-state index contributed by atoms with van der Waals surface area (Å²) < 4.78 is 51.7. The van der Waals surface area contributed by atoms with Crippen molar-refractivity contribution in [2.75, 3.05) is 0 Å². The second-order valence-corrected chi connectivity index (χ2v) is 7.98. The van der Waals surface area contributed by atoms with E-state index in [0.717, 1.165) is 0 Å². The second kappa shape index (κ2) is 5.83. The predicted molar refractivity (Wildman–Crippen MR) is 78.4 cm³/mol. The van der Waals surface area contributed by atoms with Gasteiger partial charge in [-0.15, -0.1) is 0 Å². The van der Waals surface area contributed by atoms with Crippen molar-refractivity contribution in [1.29, 1.82) is 0 Å². The van der Waals surface area contributed by atoms with Crippen LogP contribution in [0.5, 0.6) is 0 Å². The lowest BCUT2D eigenvalue weighted by Gasteiger charge is -2.22. The van der Waals surface area contributed by atoms with E-state index >= 15 is 0 Å². The normalized spacial score (nSPS) is 27.7. The Hall–Kier alpha value is -1.54. The number of fused-ring (bicyclic) bond motifs is 2. The number of carbonyl (C=O) groups is 1. The van der Waals surface area contributed by atoms with Crippen molar-refractivity contribution in [3.8, 4) is 0 Å². The molecule has 2 heterocycles. The number of aliphatic carboxylic acids is 1. The molecule has 3 atom stereocenters. The molecule has 0 amide bonds. The molecule has 3 unspecified atom stereocenters. The summed E-state index contributed by atoms with van der Waals surface area (Å²) >= 11 is 0. The van der Waals surface area contributed by atoms with Crippen LogP contribution in [0.4, 0.5) is 8.78 Å². The van der Waals surface area contributed by atoms with Gasteiger partial charge in [-0.05, 0) is 24.8 Å². The summed E-state index contributed by atoms with van der Waals surface area (Å²) in [6, 6.07) is 4.45. The van der Waals surface area contributed by atoms with E-state index in [-0.39, 0.29) is 17.4 Å². The number of rotatable bonds is 5. The Balaban J connectivity index is 1.78. The maximum atomic E-state index is 12.6. The number of hydrogen-bond acceptors (Lipinski definition) is 3. The van der Waals surface area contributed by atoms with Gasteiger partial charge < -0.3 is 5.11 Å². The zero-order chi connectivity index (χ0) is 16.8. The number of nitrogens with zero attached hydrogens (tertiary/aromatic N) is 1. The molecule has 3 rings (SSSR count). The molecule has 1 aromatic rings.